The Balaban J connectivity index is 2.42. The van der Waals surface area contributed by atoms with Crippen LogP contribution in [0, 0.1) is 20.8 Å². The number of nitrogens with one attached hydrogen (secondary N) is 1. The average Bonchev–Trinajstić information content (AvgIpc) is 2.65. The number of anilines is 2. The van der Waals surface area contributed by atoms with E-state index in [0.29, 0.717) is 6.04 Å². The molecule has 0 aliphatic carbocycles. The van der Waals surface area contributed by atoms with Crippen LogP contribution in [0.4, 0.5) is 11.6 Å². The molecule has 19 heavy (non-hydrogen) atoms. The van der Waals surface area contributed by atoms with Gasteiger partial charge < -0.3 is 9.88 Å². The summed E-state index contributed by atoms with van der Waals surface area (Å²) in [5.41, 5.74) is 4.59. The molecule has 0 aliphatic rings. The Morgan fingerprint density at radius 2 is 1.74 bits per heavy atom. The van der Waals surface area contributed by atoms with Gasteiger partial charge in [-0.3, -0.25) is 0 Å². The Hall–Kier alpha value is -1.29. The number of aromatic nitrogens is 2. The molecule has 4 heteroatoms. The van der Waals surface area contributed by atoms with Crippen LogP contribution in [0.15, 0.2) is 22.8 Å². The van der Waals surface area contributed by atoms with Crippen LogP contribution in [0.5, 0.6) is 0 Å². The van der Waals surface area contributed by atoms with Crippen molar-refractivity contribution >= 4 is 27.6 Å². The lowest BCUT2D eigenvalue weighted by atomic mass is 10.1. The molecule has 0 atom stereocenters. The highest BCUT2D eigenvalue weighted by Gasteiger charge is 2.11. The van der Waals surface area contributed by atoms with Gasteiger partial charge in [-0.1, -0.05) is 15.9 Å². The van der Waals surface area contributed by atoms with Crippen LogP contribution in [0.1, 0.15) is 36.7 Å². The number of hydrogen-bond donors (Lipinski definition) is 1. The van der Waals surface area contributed by atoms with E-state index in [9.17, 15) is 0 Å². The van der Waals surface area contributed by atoms with Gasteiger partial charge in [0.05, 0.1) is 5.69 Å². The van der Waals surface area contributed by atoms with Crippen LogP contribution in [0.2, 0.25) is 0 Å². The van der Waals surface area contributed by atoms with Crippen LogP contribution in [-0.4, -0.2) is 9.55 Å². The van der Waals surface area contributed by atoms with Crippen molar-refractivity contribution in [2.24, 2.45) is 0 Å². The van der Waals surface area contributed by atoms with E-state index in [-0.39, 0.29) is 0 Å². The van der Waals surface area contributed by atoms with E-state index in [2.05, 4.69) is 76.8 Å². The van der Waals surface area contributed by atoms with Crippen molar-refractivity contribution < 1.29 is 0 Å². The summed E-state index contributed by atoms with van der Waals surface area (Å²) in [6.45, 7) is 10.6. The number of nitrogens with zero attached hydrogens (tertiary/aromatic N) is 2. The predicted octanol–water partition coefficient (Wildman–Crippen LogP) is 4.90. The van der Waals surface area contributed by atoms with Gasteiger partial charge in [0.15, 0.2) is 0 Å². The van der Waals surface area contributed by atoms with Gasteiger partial charge in [-0.05, 0) is 57.9 Å². The lowest BCUT2D eigenvalue weighted by Crippen LogP contribution is -2.06. The van der Waals surface area contributed by atoms with Crippen molar-refractivity contribution in [3.63, 3.8) is 0 Å². The first-order valence-electron chi connectivity index (χ1n) is 6.47. The summed E-state index contributed by atoms with van der Waals surface area (Å²) >= 11 is 3.53. The quantitative estimate of drug-likeness (QED) is 0.871. The molecule has 0 saturated heterocycles. The zero-order valence-corrected chi connectivity index (χ0v) is 13.7. The van der Waals surface area contributed by atoms with E-state index in [1.54, 1.807) is 0 Å². The second-order valence-electron chi connectivity index (χ2n) is 5.25. The third-order valence-corrected chi connectivity index (χ3v) is 3.60. The molecule has 1 aromatic carbocycles. The molecule has 0 aliphatic heterocycles. The van der Waals surface area contributed by atoms with Gasteiger partial charge in [-0.15, -0.1) is 0 Å². The Kier molecular flexibility index (Phi) is 3.99. The standard InChI is InChI=1S/C15H20BrN3/c1-9(2)19-8-12(5)17-15(19)18-14-10(3)6-13(16)7-11(14)4/h6-9H,1-5H3,(H,17,18). The molecule has 2 aromatic rings. The molecule has 0 saturated carbocycles. The average molecular weight is 322 g/mol. The van der Waals surface area contributed by atoms with E-state index >= 15 is 0 Å². The van der Waals surface area contributed by atoms with Crippen molar-refractivity contribution in [2.45, 2.75) is 40.7 Å². The first-order valence-corrected chi connectivity index (χ1v) is 7.27. The molecule has 1 N–H and O–H groups in total. The van der Waals surface area contributed by atoms with E-state index < -0.39 is 0 Å². The predicted molar refractivity (Wildman–Crippen MR) is 84.2 cm³/mol. The molecular formula is C15H20BrN3. The molecule has 3 nitrogen and oxygen atoms in total. The van der Waals surface area contributed by atoms with Crippen LogP contribution in [0.3, 0.4) is 0 Å². The lowest BCUT2D eigenvalue weighted by molar-refractivity contribution is 0.607. The largest absolute Gasteiger partial charge is 0.325 e. The molecule has 0 fully saturated rings. The normalized spacial score (nSPS) is 11.1. The maximum absolute atomic E-state index is 4.57. The van der Waals surface area contributed by atoms with Crippen molar-refractivity contribution in [1.29, 1.82) is 0 Å². The fourth-order valence-electron chi connectivity index (χ4n) is 2.22. The SMILES string of the molecule is Cc1cn(C(C)C)c(Nc2c(C)cc(Br)cc2C)n1. The number of rotatable bonds is 3. The second-order valence-corrected chi connectivity index (χ2v) is 6.16. The van der Waals surface area contributed by atoms with Gasteiger partial charge in [0.2, 0.25) is 5.95 Å². The lowest BCUT2D eigenvalue weighted by Gasteiger charge is -2.16. The first-order chi connectivity index (χ1) is 8.88. The molecule has 0 unspecified atom stereocenters. The summed E-state index contributed by atoms with van der Waals surface area (Å²) in [7, 11) is 0. The number of aryl methyl sites for hydroxylation is 3. The summed E-state index contributed by atoms with van der Waals surface area (Å²) in [4.78, 5) is 4.57. The summed E-state index contributed by atoms with van der Waals surface area (Å²) in [6.07, 6.45) is 2.08. The minimum atomic E-state index is 0.389. The molecule has 2 rings (SSSR count). The van der Waals surface area contributed by atoms with Crippen LogP contribution < -0.4 is 5.32 Å². The Morgan fingerprint density at radius 1 is 1.16 bits per heavy atom. The van der Waals surface area contributed by atoms with Crippen LogP contribution >= 0.6 is 15.9 Å². The molecule has 0 spiro atoms. The Bertz CT molecular complexity index is 576. The van der Waals surface area contributed by atoms with Crippen molar-refractivity contribution in [3.8, 4) is 0 Å². The minimum absolute atomic E-state index is 0.389. The number of benzene rings is 1. The Labute approximate surface area is 123 Å². The van der Waals surface area contributed by atoms with E-state index in [1.165, 1.54) is 11.1 Å². The van der Waals surface area contributed by atoms with Crippen molar-refractivity contribution in [2.75, 3.05) is 5.32 Å². The zero-order valence-electron chi connectivity index (χ0n) is 12.1. The molecule has 1 heterocycles. The molecule has 1 aromatic heterocycles. The van der Waals surface area contributed by atoms with Gasteiger partial charge in [0.1, 0.15) is 0 Å². The van der Waals surface area contributed by atoms with Gasteiger partial charge in [-0.25, -0.2) is 4.98 Å². The maximum atomic E-state index is 4.57. The molecule has 0 bridgehead atoms. The maximum Gasteiger partial charge on any atom is 0.207 e. The van der Waals surface area contributed by atoms with Gasteiger partial charge in [0, 0.05) is 22.4 Å². The monoisotopic (exact) mass is 321 g/mol. The van der Waals surface area contributed by atoms with Crippen LogP contribution in [0.25, 0.3) is 0 Å². The highest BCUT2D eigenvalue weighted by Crippen LogP contribution is 2.28. The molecule has 102 valence electrons. The molecule has 0 radical (unpaired) electrons. The molecular weight excluding hydrogens is 302 g/mol. The van der Waals surface area contributed by atoms with Crippen molar-refractivity contribution in [1.82, 2.24) is 9.55 Å². The summed E-state index contributed by atoms with van der Waals surface area (Å²) < 4.78 is 3.27. The summed E-state index contributed by atoms with van der Waals surface area (Å²) in [6, 6.07) is 4.62. The van der Waals surface area contributed by atoms with Gasteiger partial charge in [-0.2, -0.15) is 0 Å². The fraction of sp³-hybridized carbons (Fsp3) is 0.400. The third kappa shape index (κ3) is 3.00. The minimum Gasteiger partial charge on any atom is -0.325 e. The summed E-state index contributed by atoms with van der Waals surface area (Å²) in [5.74, 6) is 0.904. The van der Waals surface area contributed by atoms with E-state index in [4.69, 9.17) is 0 Å². The van der Waals surface area contributed by atoms with E-state index in [0.717, 1.165) is 21.8 Å². The number of imidazole rings is 1. The third-order valence-electron chi connectivity index (χ3n) is 3.14. The Morgan fingerprint density at radius 3 is 2.26 bits per heavy atom. The second kappa shape index (κ2) is 5.37. The number of halogens is 1. The van der Waals surface area contributed by atoms with Gasteiger partial charge >= 0.3 is 0 Å². The summed E-state index contributed by atoms with van der Waals surface area (Å²) in [5, 5.41) is 3.47. The van der Waals surface area contributed by atoms with Crippen molar-refractivity contribution in [3.05, 3.63) is 39.6 Å². The first kappa shape index (κ1) is 14.1. The smallest absolute Gasteiger partial charge is 0.207 e. The molecule has 0 amide bonds. The van der Waals surface area contributed by atoms with Crippen LogP contribution in [-0.2, 0) is 0 Å². The zero-order chi connectivity index (χ0) is 14.2. The highest BCUT2D eigenvalue weighted by atomic mass is 79.9. The topological polar surface area (TPSA) is 29.9 Å². The van der Waals surface area contributed by atoms with E-state index in [1.807, 2.05) is 6.92 Å². The number of hydrogen-bond acceptors (Lipinski definition) is 2. The van der Waals surface area contributed by atoms with Gasteiger partial charge in [0.25, 0.3) is 0 Å². The highest BCUT2D eigenvalue weighted by molar-refractivity contribution is 9.10. The fourth-order valence-corrected chi connectivity index (χ4v) is 2.91.